The maximum Gasteiger partial charge on any atom is 0.191 e. The Labute approximate surface area is 164 Å². The highest BCUT2D eigenvalue weighted by atomic mass is 32.2. The van der Waals surface area contributed by atoms with Crippen LogP contribution in [0.2, 0.25) is 0 Å². The topological polar surface area (TPSA) is 70.6 Å². The third-order valence-electron chi connectivity index (χ3n) is 3.77. The first-order valence-electron chi connectivity index (χ1n) is 8.51. The smallest absolute Gasteiger partial charge is 0.191 e. The quantitative estimate of drug-likeness (QED) is 0.304. The number of nitrogens with zero attached hydrogens (tertiary/aromatic N) is 1. The van der Waals surface area contributed by atoms with E-state index in [0.29, 0.717) is 34.6 Å². The molecule has 0 radical (unpaired) electrons. The largest absolute Gasteiger partial charge is 0.356 e. The van der Waals surface area contributed by atoms with Crippen LogP contribution >= 0.6 is 11.8 Å². The van der Waals surface area contributed by atoms with Crippen molar-refractivity contribution in [2.24, 2.45) is 4.99 Å². The second-order valence-corrected chi connectivity index (χ2v) is 9.02. The number of guanidine groups is 1. The van der Waals surface area contributed by atoms with Crippen LogP contribution in [-0.2, 0) is 16.3 Å². The Bertz CT molecular complexity index is 869. The van der Waals surface area contributed by atoms with E-state index < -0.39 is 9.84 Å². The lowest BCUT2D eigenvalue weighted by Crippen LogP contribution is -2.39. The van der Waals surface area contributed by atoms with E-state index in [-0.39, 0.29) is 5.82 Å². The molecule has 0 saturated heterocycles. The molecule has 5 nitrogen and oxygen atoms in total. The van der Waals surface area contributed by atoms with E-state index in [1.54, 1.807) is 31.3 Å². The Morgan fingerprint density at radius 2 is 1.74 bits per heavy atom. The summed E-state index contributed by atoms with van der Waals surface area (Å²) in [7, 11) is -1.47. The van der Waals surface area contributed by atoms with Crippen molar-refractivity contribution >= 4 is 27.6 Å². The second kappa shape index (κ2) is 10.3. The van der Waals surface area contributed by atoms with Crippen molar-refractivity contribution < 1.29 is 12.8 Å². The van der Waals surface area contributed by atoms with Crippen LogP contribution < -0.4 is 10.6 Å². The second-order valence-electron chi connectivity index (χ2n) is 5.87. The van der Waals surface area contributed by atoms with Gasteiger partial charge < -0.3 is 10.6 Å². The first-order chi connectivity index (χ1) is 12.9. The first kappa shape index (κ1) is 21.2. The number of aliphatic imine (C=N–C) groups is 1. The molecule has 8 heteroatoms. The molecule has 0 atom stereocenters. The minimum absolute atomic E-state index is 0.202. The van der Waals surface area contributed by atoms with E-state index in [4.69, 9.17) is 0 Å². The van der Waals surface area contributed by atoms with Crippen molar-refractivity contribution in [3.8, 4) is 0 Å². The van der Waals surface area contributed by atoms with Crippen LogP contribution in [0, 0.1) is 5.82 Å². The molecule has 0 aliphatic carbocycles. The molecule has 2 aromatic carbocycles. The molecular formula is C19H24FN3O2S2. The van der Waals surface area contributed by atoms with E-state index in [1.165, 1.54) is 24.1 Å². The Hall–Kier alpha value is -2.06. The Balaban J connectivity index is 1.70. The molecule has 0 aliphatic rings. The summed E-state index contributed by atoms with van der Waals surface area (Å²) in [5, 5.41) is 6.40. The maximum absolute atomic E-state index is 13.5. The maximum atomic E-state index is 13.5. The van der Waals surface area contributed by atoms with Gasteiger partial charge in [0.2, 0.25) is 0 Å². The molecular weight excluding hydrogens is 385 g/mol. The zero-order valence-electron chi connectivity index (χ0n) is 15.4. The molecule has 27 heavy (non-hydrogen) atoms. The van der Waals surface area contributed by atoms with Crippen molar-refractivity contribution in [2.45, 2.75) is 16.2 Å². The lowest BCUT2D eigenvalue weighted by molar-refractivity contribution is 0.601. The Morgan fingerprint density at radius 3 is 2.37 bits per heavy atom. The number of sulfone groups is 1. The van der Waals surface area contributed by atoms with Crippen LogP contribution in [0.4, 0.5) is 4.39 Å². The van der Waals surface area contributed by atoms with Gasteiger partial charge in [-0.2, -0.15) is 0 Å². The van der Waals surface area contributed by atoms with Crippen molar-refractivity contribution in [3.05, 3.63) is 59.9 Å². The summed E-state index contributed by atoms with van der Waals surface area (Å²) in [5.74, 6) is 1.19. The highest BCUT2D eigenvalue weighted by molar-refractivity contribution is 7.99. The van der Waals surface area contributed by atoms with Gasteiger partial charge >= 0.3 is 0 Å². The van der Waals surface area contributed by atoms with E-state index in [0.717, 1.165) is 12.0 Å². The molecule has 0 aromatic heterocycles. The van der Waals surface area contributed by atoms with Gasteiger partial charge in [0, 0.05) is 37.0 Å². The molecule has 0 heterocycles. The Kier molecular flexibility index (Phi) is 8.12. The van der Waals surface area contributed by atoms with E-state index in [9.17, 15) is 12.8 Å². The van der Waals surface area contributed by atoms with Crippen LogP contribution in [0.5, 0.6) is 0 Å². The van der Waals surface area contributed by atoms with Gasteiger partial charge in [-0.15, -0.1) is 11.8 Å². The molecule has 0 aliphatic heterocycles. The van der Waals surface area contributed by atoms with Crippen LogP contribution in [0.15, 0.2) is 63.3 Å². The number of halogens is 1. The number of hydrogen-bond donors (Lipinski definition) is 2. The predicted octanol–water partition coefficient (Wildman–Crippen LogP) is 2.73. The van der Waals surface area contributed by atoms with Gasteiger partial charge in [-0.25, -0.2) is 12.8 Å². The molecule has 2 rings (SSSR count). The highest BCUT2D eigenvalue weighted by Crippen LogP contribution is 2.20. The average molecular weight is 410 g/mol. The van der Waals surface area contributed by atoms with Crippen molar-refractivity contribution in [2.75, 3.05) is 32.1 Å². The van der Waals surface area contributed by atoms with Crippen LogP contribution in [0.25, 0.3) is 0 Å². The summed E-state index contributed by atoms with van der Waals surface area (Å²) in [6.45, 7) is 1.32. The summed E-state index contributed by atoms with van der Waals surface area (Å²) >= 11 is 1.45. The van der Waals surface area contributed by atoms with Crippen LogP contribution in [-0.4, -0.2) is 46.5 Å². The van der Waals surface area contributed by atoms with Gasteiger partial charge in [-0.3, -0.25) is 4.99 Å². The van der Waals surface area contributed by atoms with Gasteiger partial charge in [-0.05, 0) is 36.2 Å². The van der Waals surface area contributed by atoms with Crippen molar-refractivity contribution in [1.29, 1.82) is 0 Å². The number of rotatable bonds is 8. The molecule has 0 amide bonds. The monoisotopic (exact) mass is 409 g/mol. The summed E-state index contributed by atoms with van der Waals surface area (Å²) in [6.07, 6.45) is 1.94. The SMILES string of the molecule is CN=C(NCCSc1ccccc1F)NCCc1ccc(S(C)(=O)=O)cc1. The molecule has 2 aromatic rings. The van der Waals surface area contributed by atoms with Gasteiger partial charge in [0.15, 0.2) is 15.8 Å². The number of hydrogen-bond acceptors (Lipinski definition) is 4. The summed E-state index contributed by atoms with van der Waals surface area (Å²) in [5.41, 5.74) is 1.04. The fourth-order valence-electron chi connectivity index (χ4n) is 2.34. The minimum Gasteiger partial charge on any atom is -0.356 e. The lowest BCUT2D eigenvalue weighted by Gasteiger charge is -2.12. The summed E-state index contributed by atoms with van der Waals surface area (Å²) in [4.78, 5) is 5.12. The lowest BCUT2D eigenvalue weighted by atomic mass is 10.1. The van der Waals surface area contributed by atoms with Gasteiger partial charge in [0.25, 0.3) is 0 Å². The fraction of sp³-hybridized carbons (Fsp3) is 0.316. The van der Waals surface area contributed by atoms with Gasteiger partial charge in [0.05, 0.1) is 4.90 Å². The zero-order chi connectivity index (χ0) is 19.7. The molecule has 0 saturated carbocycles. The third-order valence-corrected chi connectivity index (χ3v) is 5.95. The third kappa shape index (κ3) is 7.22. The molecule has 0 unspecified atom stereocenters. The molecule has 0 bridgehead atoms. The summed E-state index contributed by atoms with van der Waals surface area (Å²) < 4.78 is 36.5. The predicted molar refractivity (Wildman–Crippen MR) is 110 cm³/mol. The van der Waals surface area contributed by atoms with Crippen molar-refractivity contribution in [1.82, 2.24) is 10.6 Å². The average Bonchev–Trinajstić information content (AvgIpc) is 2.64. The zero-order valence-corrected chi connectivity index (χ0v) is 17.0. The van der Waals surface area contributed by atoms with E-state index in [2.05, 4.69) is 15.6 Å². The van der Waals surface area contributed by atoms with Gasteiger partial charge in [-0.1, -0.05) is 24.3 Å². The molecule has 146 valence electrons. The number of nitrogens with one attached hydrogen (secondary N) is 2. The standard InChI is InChI=1S/C19H24FN3O2S2/c1-21-19(23-13-14-26-18-6-4-3-5-17(18)20)22-12-11-15-7-9-16(10-8-15)27(2,24)25/h3-10H,11-14H2,1-2H3,(H2,21,22,23). The molecule has 0 spiro atoms. The summed E-state index contributed by atoms with van der Waals surface area (Å²) in [6, 6.07) is 13.6. The Morgan fingerprint density at radius 1 is 1.07 bits per heavy atom. The number of thioether (sulfide) groups is 1. The highest BCUT2D eigenvalue weighted by Gasteiger charge is 2.06. The normalized spacial score (nSPS) is 12.0. The minimum atomic E-state index is -3.16. The molecule has 0 fully saturated rings. The van der Waals surface area contributed by atoms with E-state index >= 15 is 0 Å². The van der Waals surface area contributed by atoms with Crippen LogP contribution in [0.1, 0.15) is 5.56 Å². The molecule has 2 N–H and O–H groups in total. The fourth-order valence-corrected chi connectivity index (χ4v) is 3.78. The number of benzene rings is 2. The van der Waals surface area contributed by atoms with Crippen LogP contribution in [0.3, 0.4) is 0 Å². The van der Waals surface area contributed by atoms with Gasteiger partial charge in [0.1, 0.15) is 5.82 Å². The van der Waals surface area contributed by atoms with Crippen molar-refractivity contribution in [3.63, 3.8) is 0 Å². The van der Waals surface area contributed by atoms with E-state index in [1.807, 2.05) is 18.2 Å². The first-order valence-corrected chi connectivity index (χ1v) is 11.4.